The number of phenols is 1. The first kappa shape index (κ1) is 21.3. The molecule has 30 heavy (non-hydrogen) atoms. The van der Waals surface area contributed by atoms with Crippen LogP contribution in [-0.4, -0.2) is 29.6 Å². The molecule has 1 fully saturated rings. The molecule has 4 amide bonds. The molecule has 154 valence electrons. The van der Waals surface area contributed by atoms with Crippen molar-refractivity contribution in [3.8, 4) is 11.5 Å². The van der Waals surface area contributed by atoms with Gasteiger partial charge < -0.3 is 9.84 Å². The number of anilines is 1. The molecule has 3 rings (SSSR count). The molecule has 2 aromatic carbocycles. The number of halogens is 1. The lowest BCUT2D eigenvalue weighted by Gasteiger charge is -2.26. The minimum Gasteiger partial charge on any atom is -0.504 e. The molecule has 0 aromatic heterocycles. The monoisotopic (exact) mass is 470 g/mol. The van der Waals surface area contributed by atoms with Crippen molar-refractivity contribution in [1.82, 2.24) is 5.32 Å². The summed E-state index contributed by atoms with van der Waals surface area (Å²) in [5.74, 6) is -1.34. The van der Waals surface area contributed by atoms with Gasteiger partial charge in [-0.05, 0) is 61.4 Å². The number of phenolic OH excluding ortho intramolecular Hbond substituents is 1. The van der Waals surface area contributed by atoms with E-state index in [2.05, 4.69) is 27.8 Å². The predicted molar refractivity (Wildman–Crippen MR) is 116 cm³/mol. The summed E-state index contributed by atoms with van der Waals surface area (Å²) >= 11 is 3.30. The van der Waals surface area contributed by atoms with Gasteiger partial charge in [-0.15, -0.1) is 6.58 Å². The Morgan fingerprint density at radius 3 is 2.53 bits per heavy atom. The van der Waals surface area contributed by atoms with Gasteiger partial charge in [-0.2, -0.15) is 0 Å². The second kappa shape index (κ2) is 8.96. The van der Waals surface area contributed by atoms with Gasteiger partial charge in [0, 0.05) is 10.0 Å². The number of amides is 4. The van der Waals surface area contributed by atoms with E-state index in [-0.39, 0.29) is 17.1 Å². The van der Waals surface area contributed by atoms with Crippen molar-refractivity contribution in [2.24, 2.45) is 0 Å². The third-order valence-electron chi connectivity index (χ3n) is 4.34. The van der Waals surface area contributed by atoms with Gasteiger partial charge >= 0.3 is 6.03 Å². The highest BCUT2D eigenvalue weighted by Gasteiger charge is 2.36. The summed E-state index contributed by atoms with van der Waals surface area (Å²) in [5.41, 5.74) is 1.12. The molecule has 2 N–H and O–H groups in total. The van der Waals surface area contributed by atoms with Gasteiger partial charge in [-0.3, -0.25) is 14.9 Å². The molecule has 0 atom stereocenters. The molecule has 1 heterocycles. The average Bonchev–Trinajstić information content (AvgIpc) is 2.70. The number of hydrogen-bond donors (Lipinski definition) is 2. The van der Waals surface area contributed by atoms with Crippen LogP contribution in [0, 0.1) is 0 Å². The van der Waals surface area contributed by atoms with E-state index in [9.17, 15) is 19.5 Å². The zero-order valence-corrected chi connectivity index (χ0v) is 17.7. The normalized spacial score (nSPS) is 15.3. The number of carbonyl (C=O) groups is 3. The number of benzene rings is 2. The van der Waals surface area contributed by atoms with Crippen LogP contribution in [0.15, 0.2) is 59.1 Å². The van der Waals surface area contributed by atoms with Crippen LogP contribution in [0.25, 0.3) is 6.08 Å². The lowest BCUT2D eigenvalue weighted by molar-refractivity contribution is -0.122. The van der Waals surface area contributed by atoms with E-state index in [1.54, 1.807) is 43.3 Å². The molecular weight excluding hydrogens is 452 g/mol. The van der Waals surface area contributed by atoms with Gasteiger partial charge in [0.1, 0.15) is 5.57 Å². The Morgan fingerprint density at radius 1 is 1.20 bits per heavy atom. The first-order valence-electron chi connectivity index (χ1n) is 9.12. The van der Waals surface area contributed by atoms with Crippen molar-refractivity contribution < 1.29 is 24.2 Å². The maximum absolute atomic E-state index is 13.0. The second-order valence-electron chi connectivity index (χ2n) is 6.39. The first-order valence-corrected chi connectivity index (χ1v) is 9.91. The van der Waals surface area contributed by atoms with Gasteiger partial charge in [0.05, 0.1) is 12.3 Å². The Bertz CT molecular complexity index is 1060. The van der Waals surface area contributed by atoms with Gasteiger partial charge in [-0.1, -0.05) is 22.0 Å². The van der Waals surface area contributed by atoms with Crippen LogP contribution in [-0.2, 0) is 16.0 Å². The highest BCUT2D eigenvalue weighted by Crippen LogP contribution is 2.33. The molecule has 1 saturated heterocycles. The Morgan fingerprint density at radius 2 is 1.90 bits per heavy atom. The number of carbonyl (C=O) groups excluding carboxylic acids is 3. The van der Waals surface area contributed by atoms with E-state index in [4.69, 9.17) is 4.74 Å². The van der Waals surface area contributed by atoms with Crippen molar-refractivity contribution in [2.45, 2.75) is 13.3 Å². The maximum atomic E-state index is 13.0. The van der Waals surface area contributed by atoms with Crippen LogP contribution >= 0.6 is 15.9 Å². The Balaban J connectivity index is 2.05. The van der Waals surface area contributed by atoms with Crippen LogP contribution in [0.3, 0.4) is 0 Å². The molecule has 2 aromatic rings. The number of ether oxygens (including phenoxy) is 1. The van der Waals surface area contributed by atoms with Crippen LogP contribution < -0.4 is 15.0 Å². The zero-order valence-electron chi connectivity index (χ0n) is 16.1. The van der Waals surface area contributed by atoms with Crippen molar-refractivity contribution in [3.05, 3.63) is 70.2 Å². The molecular formula is C22H19BrN2O5. The van der Waals surface area contributed by atoms with Crippen molar-refractivity contribution in [2.75, 3.05) is 11.5 Å². The highest BCUT2D eigenvalue weighted by molar-refractivity contribution is 9.10. The molecule has 7 nitrogen and oxygen atoms in total. The third-order valence-corrected chi connectivity index (χ3v) is 4.87. The Hall–Kier alpha value is -3.39. The lowest BCUT2D eigenvalue weighted by atomic mass is 10.0. The topological polar surface area (TPSA) is 95.9 Å². The smallest absolute Gasteiger partial charge is 0.335 e. The van der Waals surface area contributed by atoms with Gasteiger partial charge in [0.15, 0.2) is 11.5 Å². The van der Waals surface area contributed by atoms with E-state index in [0.29, 0.717) is 29.8 Å². The number of allylic oxidation sites excluding steroid dienone is 1. The summed E-state index contributed by atoms with van der Waals surface area (Å²) in [6.45, 7) is 5.77. The maximum Gasteiger partial charge on any atom is 0.335 e. The van der Waals surface area contributed by atoms with E-state index in [1.165, 1.54) is 12.1 Å². The molecule has 1 aliphatic heterocycles. The minimum atomic E-state index is -0.822. The van der Waals surface area contributed by atoms with Gasteiger partial charge in [-0.25, -0.2) is 9.69 Å². The predicted octanol–water partition coefficient (Wildman–Crippen LogP) is 3.95. The van der Waals surface area contributed by atoms with Gasteiger partial charge in [0.2, 0.25) is 0 Å². The fourth-order valence-electron chi connectivity index (χ4n) is 3.00. The standard InChI is InChI=1S/C22H19BrN2O5/c1-3-5-14-10-13(12-18(19(14)26)30-4-2)11-17-20(27)24-22(29)25(21(17)28)16-8-6-15(23)7-9-16/h3,6-12,26H,1,4-5H2,2H3,(H,24,27,29)/b17-11+. The summed E-state index contributed by atoms with van der Waals surface area (Å²) < 4.78 is 6.24. The van der Waals surface area contributed by atoms with Crippen LogP contribution in [0.2, 0.25) is 0 Å². The highest BCUT2D eigenvalue weighted by atomic mass is 79.9. The zero-order chi connectivity index (χ0) is 21.8. The second-order valence-corrected chi connectivity index (χ2v) is 7.30. The summed E-state index contributed by atoms with van der Waals surface area (Å²) in [7, 11) is 0. The number of urea groups is 1. The number of hydrogen-bond acceptors (Lipinski definition) is 5. The molecule has 8 heteroatoms. The number of nitrogens with one attached hydrogen (secondary N) is 1. The van der Waals surface area contributed by atoms with E-state index < -0.39 is 17.8 Å². The van der Waals surface area contributed by atoms with Crippen LogP contribution in [0.1, 0.15) is 18.1 Å². The number of rotatable bonds is 6. The first-order chi connectivity index (χ1) is 14.3. The van der Waals surface area contributed by atoms with Crippen LogP contribution in [0.4, 0.5) is 10.5 Å². The number of nitrogens with zero attached hydrogens (tertiary/aromatic N) is 1. The fraction of sp³-hybridized carbons (Fsp3) is 0.136. The van der Waals surface area contributed by atoms with E-state index in [1.807, 2.05) is 0 Å². The minimum absolute atomic E-state index is 0.0232. The molecule has 0 spiro atoms. The third kappa shape index (κ3) is 4.28. The summed E-state index contributed by atoms with van der Waals surface area (Å²) in [6.07, 6.45) is 3.35. The summed E-state index contributed by atoms with van der Waals surface area (Å²) in [4.78, 5) is 38.6. The average molecular weight is 471 g/mol. The summed E-state index contributed by atoms with van der Waals surface area (Å²) in [6, 6.07) is 8.89. The van der Waals surface area contributed by atoms with Crippen molar-refractivity contribution in [3.63, 3.8) is 0 Å². The number of barbiturate groups is 1. The largest absolute Gasteiger partial charge is 0.504 e. The fourth-order valence-corrected chi connectivity index (χ4v) is 3.26. The Labute approximate surface area is 181 Å². The van der Waals surface area contributed by atoms with Crippen molar-refractivity contribution in [1.29, 1.82) is 0 Å². The van der Waals surface area contributed by atoms with Gasteiger partial charge in [0.25, 0.3) is 11.8 Å². The SMILES string of the molecule is C=CCc1cc(/C=C2\C(=O)NC(=O)N(c3ccc(Br)cc3)C2=O)cc(OCC)c1O. The molecule has 0 saturated carbocycles. The summed E-state index contributed by atoms with van der Waals surface area (Å²) in [5, 5.41) is 12.5. The molecule has 0 bridgehead atoms. The number of aromatic hydroxyl groups is 1. The van der Waals surface area contributed by atoms with E-state index in [0.717, 1.165) is 9.37 Å². The molecule has 0 aliphatic carbocycles. The van der Waals surface area contributed by atoms with Crippen molar-refractivity contribution >= 4 is 45.5 Å². The Kier molecular flexibility index (Phi) is 6.37. The van der Waals surface area contributed by atoms with E-state index >= 15 is 0 Å². The quantitative estimate of drug-likeness (QED) is 0.378. The molecule has 0 radical (unpaired) electrons. The molecule has 1 aliphatic rings. The molecule has 0 unspecified atom stereocenters. The van der Waals surface area contributed by atoms with Crippen LogP contribution in [0.5, 0.6) is 11.5 Å². The lowest BCUT2D eigenvalue weighted by Crippen LogP contribution is -2.54. The number of imide groups is 2.